The van der Waals surface area contributed by atoms with E-state index in [1.54, 1.807) is 15.0 Å². The summed E-state index contributed by atoms with van der Waals surface area (Å²) >= 11 is -1.75. The molecule has 0 heterocycles. The van der Waals surface area contributed by atoms with Crippen LogP contribution in [0, 0.1) is 0 Å². The molecule has 0 aromatic heterocycles. The third kappa shape index (κ3) is 4.85. The van der Waals surface area contributed by atoms with Crippen LogP contribution in [0.5, 0.6) is 0 Å². The van der Waals surface area contributed by atoms with Gasteiger partial charge in [-0.3, -0.25) is 0 Å². The Kier molecular flexibility index (Phi) is 8.36. The fourth-order valence-electron chi connectivity index (χ4n) is 6.53. The number of allylic oxidation sites excluding steroid dienone is 4. The van der Waals surface area contributed by atoms with Crippen LogP contribution in [0.4, 0.5) is 0 Å². The van der Waals surface area contributed by atoms with Gasteiger partial charge in [-0.1, -0.05) is 0 Å². The van der Waals surface area contributed by atoms with Gasteiger partial charge in [-0.2, -0.15) is 0 Å². The number of rotatable bonds is 4. The van der Waals surface area contributed by atoms with Gasteiger partial charge in [0.05, 0.1) is 0 Å². The van der Waals surface area contributed by atoms with Gasteiger partial charge >= 0.3 is 221 Å². The summed E-state index contributed by atoms with van der Waals surface area (Å²) in [5.74, 6) is 0. The molecule has 38 heavy (non-hydrogen) atoms. The van der Waals surface area contributed by atoms with Gasteiger partial charge in [-0.25, -0.2) is 0 Å². The average Bonchev–Trinajstić information content (AvgIpc) is 3.72. The van der Waals surface area contributed by atoms with Crippen molar-refractivity contribution in [2.45, 2.75) is 36.3 Å². The average molecular weight is 569 g/mol. The van der Waals surface area contributed by atoms with Crippen LogP contribution in [0.1, 0.15) is 47.5 Å². The minimum absolute atomic E-state index is 0. The van der Waals surface area contributed by atoms with E-state index in [1.165, 1.54) is 59.1 Å². The Morgan fingerprint density at radius 3 is 1.58 bits per heavy atom. The van der Waals surface area contributed by atoms with Crippen molar-refractivity contribution in [3.8, 4) is 33.4 Å². The quantitative estimate of drug-likeness (QED) is 0.331. The predicted molar refractivity (Wildman–Crippen MR) is 150 cm³/mol. The Bertz CT molecular complexity index is 1450. The molecular formula is C35H30Cl2Ti. The summed E-state index contributed by atoms with van der Waals surface area (Å²) in [6.45, 7) is 0. The van der Waals surface area contributed by atoms with Crippen molar-refractivity contribution in [3.63, 3.8) is 0 Å². The van der Waals surface area contributed by atoms with Crippen LogP contribution < -0.4 is 24.8 Å². The van der Waals surface area contributed by atoms with E-state index in [0.29, 0.717) is 4.22 Å². The van der Waals surface area contributed by atoms with Gasteiger partial charge in [0.15, 0.2) is 0 Å². The van der Waals surface area contributed by atoms with Gasteiger partial charge in [0.25, 0.3) is 0 Å². The van der Waals surface area contributed by atoms with Gasteiger partial charge in [-0.05, 0) is 0 Å². The van der Waals surface area contributed by atoms with Gasteiger partial charge in [-0.15, -0.1) is 0 Å². The number of fused-ring (bicyclic) bond motifs is 3. The van der Waals surface area contributed by atoms with Crippen LogP contribution in [0.25, 0.3) is 33.4 Å². The molecule has 3 aliphatic carbocycles. The first-order valence-corrected chi connectivity index (χ1v) is 15.8. The molecule has 1 fully saturated rings. The Morgan fingerprint density at radius 2 is 1.11 bits per heavy atom. The molecule has 4 aromatic carbocycles. The van der Waals surface area contributed by atoms with E-state index in [9.17, 15) is 0 Å². The van der Waals surface area contributed by atoms with E-state index < -0.39 is 17.4 Å². The summed E-state index contributed by atoms with van der Waals surface area (Å²) in [6, 6.07) is 36.4. The van der Waals surface area contributed by atoms with Crippen LogP contribution in [-0.4, -0.2) is 3.81 Å². The molecule has 0 unspecified atom stereocenters. The second-order valence-corrected chi connectivity index (χ2v) is 14.6. The van der Waals surface area contributed by atoms with E-state index in [0.717, 1.165) is 6.42 Å². The fraction of sp³-hybridized carbons (Fsp3) is 0.171. The molecule has 0 saturated heterocycles. The van der Waals surface area contributed by atoms with Crippen molar-refractivity contribution in [2.75, 3.05) is 0 Å². The summed E-state index contributed by atoms with van der Waals surface area (Å²) in [7, 11) is 0. The first kappa shape index (κ1) is 27.1. The standard InChI is InChI=1S/C25H17.C5H8.C5H5.2ClH.Ti/c1-3-7-18(8-4-1)20-11-13-24-22(15-20)17-23-16-21(12-14-25(23)24)19-9-5-2-6-10-19;2*1-2-4-5-3-1;;;/h1-17H;1-4H2;1-3H,4H2;2*1H;/q;;;;;+2/p-2. The van der Waals surface area contributed by atoms with Crippen molar-refractivity contribution in [1.82, 2.24) is 0 Å². The summed E-state index contributed by atoms with van der Waals surface area (Å²) < 4.78 is 4.25. The van der Waals surface area contributed by atoms with Crippen LogP contribution >= 0.6 is 0 Å². The van der Waals surface area contributed by atoms with E-state index in [-0.39, 0.29) is 24.8 Å². The van der Waals surface area contributed by atoms with Crippen molar-refractivity contribution in [2.24, 2.45) is 0 Å². The van der Waals surface area contributed by atoms with Crippen LogP contribution in [0.2, 0.25) is 0 Å². The van der Waals surface area contributed by atoms with E-state index in [2.05, 4.69) is 115 Å². The van der Waals surface area contributed by atoms with Gasteiger partial charge in [0, 0.05) is 0 Å². The van der Waals surface area contributed by atoms with Gasteiger partial charge in [0.2, 0.25) is 0 Å². The van der Waals surface area contributed by atoms with Crippen LogP contribution in [-0.2, 0) is 17.4 Å². The Hall–Kier alpha value is -2.48. The molecule has 7 rings (SSSR count). The monoisotopic (exact) mass is 568 g/mol. The summed E-state index contributed by atoms with van der Waals surface area (Å²) in [4.78, 5) is 0. The molecule has 0 aliphatic heterocycles. The maximum absolute atomic E-state index is 2.54. The smallest absolute Gasteiger partial charge is 1.00 e. The molecule has 0 radical (unpaired) electrons. The second-order valence-electron chi connectivity index (χ2n) is 10.3. The number of hydrogen-bond acceptors (Lipinski definition) is 0. The van der Waals surface area contributed by atoms with Crippen LogP contribution in [0.15, 0.2) is 119 Å². The number of halogens is 2. The minimum Gasteiger partial charge on any atom is -1.00 e. The number of benzene rings is 4. The SMILES string of the molecule is C1=CC[C]([Ti+2](=[C]2CCCC2)[CH]2c3cc(-c4ccccc4)ccc3-c3ccc(-c4ccccc4)cc32)=C1.[Cl-].[Cl-]. The molecule has 0 N–H and O–H groups in total. The zero-order valence-corrected chi connectivity index (χ0v) is 24.4. The molecule has 188 valence electrons. The predicted octanol–water partition coefficient (Wildman–Crippen LogP) is 3.31. The molecule has 0 amide bonds. The Morgan fingerprint density at radius 1 is 0.579 bits per heavy atom. The number of hydrogen-bond donors (Lipinski definition) is 0. The molecule has 0 atom stereocenters. The molecule has 1 saturated carbocycles. The maximum Gasteiger partial charge on any atom is -1.00 e. The minimum atomic E-state index is -1.75. The Labute approximate surface area is 244 Å². The van der Waals surface area contributed by atoms with Gasteiger partial charge < -0.3 is 24.8 Å². The fourth-order valence-corrected chi connectivity index (χ4v) is 12.5. The zero-order chi connectivity index (χ0) is 23.9. The van der Waals surface area contributed by atoms with Gasteiger partial charge in [0.1, 0.15) is 0 Å². The topological polar surface area (TPSA) is 0 Å². The summed E-state index contributed by atoms with van der Waals surface area (Å²) in [5, 5.41) is 0. The molecule has 0 bridgehead atoms. The molecule has 0 spiro atoms. The van der Waals surface area contributed by atoms with Crippen molar-refractivity contribution in [3.05, 3.63) is 130 Å². The normalized spacial score (nSPS) is 15.1. The zero-order valence-electron chi connectivity index (χ0n) is 21.3. The van der Waals surface area contributed by atoms with Crippen molar-refractivity contribution in [1.29, 1.82) is 0 Å². The van der Waals surface area contributed by atoms with E-state index in [1.807, 2.05) is 3.81 Å². The second kappa shape index (κ2) is 11.7. The van der Waals surface area contributed by atoms with Crippen LogP contribution in [0.3, 0.4) is 0 Å². The summed E-state index contributed by atoms with van der Waals surface area (Å²) in [5.41, 5.74) is 11.4. The largest absolute Gasteiger partial charge is 1.00 e. The third-order valence-electron chi connectivity index (χ3n) is 8.22. The maximum atomic E-state index is 2.54. The molecular weight excluding hydrogens is 539 g/mol. The van der Waals surface area contributed by atoms with Crippen molar-refractivity contribution >= 4 is 3.81 Å². The van der Waals surface area contributed by atoms with E-state index in [4.69, 9.17) is 0 Å². The molecule has 3 aliphatic rings. The van der Waals surface area contributed by atoms with Crippen molar-refractivity contribution < 1.29 is 42.2 Å². The first-order valence-electron chi connectivity index (χ1n) is 13.3. The molecule has 0 nitrogen and oxygen atoms in total. The summed E-state index contributed by atoms with van der Waals surface area (Å²) in [6.07, 6.45) is 13.8. The first-order chi connectivity index (χ1) is 17.9. The van der Waals surface area contributed by atoms with E-state index >= 15 is 0 Å². The Balaban J connectivity index is 0.00000147. The molecule has 3 heteroatoms. The third-order valence-corrected chi connectivity index (χ3v) is 13.7. The molecule has 4 aromatic rings.